The van der Waals surface area contributed by atoms with Crippen LogP contribution in [0.3, 0.4) is 0 Å². The Kier molecular flexibility index (Phi) is 7.23. The number of benzene rings is 1. The van der Waals surface area contributed by atoms with E-state index >= 15 is 0 Å². The highest BCUT2D eigenvalue weighted by Crippen LogP contribution is 2.18. The molecule has 3 rings (SSSR count). The first kappa shape index (κ1) is 20.8. The van der Waals surface area contributed by atoms with Crippen LogP contribution < -0.4 is 15.4 Å². The molecule has 0 spiro atoms. The highest BCUT2D eigenvalue weighted by atomic mass is 32.2. The molecule has 0 bridgehead atoms. The van der Waals surface area contributed by atoms with Gasteiger partial charge in [0.1, 0.15) is 12.1 Å². The number of hydrogen-bond donors (Lipinski definition) is 2. The van der Waals surface area contributed by atoms with E-state index < -0.39 is 0 Å². The van der Waals surface area contributed by atoms with Crippen molar-refractivity contribution in [3.05, 3.63) is 36.2 Å². The minimum Gasteiger partial charge on any atom is -0.492 e. The summed E-state index contributed by atoms with van der Waals surface area (Å²) >= 11 is 1.52. The Morgan fingerprint density at radius 1 is 1.14 bits per heavy atom. The van der Waals surface area contributed by atoms with E-state index in [1.807, 2.05) is 52.0 Å². The van der Waals surface area contributed by atoms with Crippen molar-refractivity contribution in [1.82, 2.24) is 29.7 Å². The maximum atomic E-state index is 5.81. The van der Waals surface area contributed by atoms with Gasteiger partial charge < -0.3 is 15.4 Å². The molecule has 0 saturated carbocycles. The van der Waals surface area contributed by atoms with E-state index in [4.69, 9.17) is 4.74 Å². The van der Waals surface area contributed by atoms with Crippen molar-refractivity contribution in [2.75, 3.05) is 29.5 Å². The topological polar surface area (TPSA) is 103 Å². The SMILES string of the molecule is CCNc1nc(NC(C)C)nc(-n2cnc(SCCOc3ccccc3C)n2)n1. The monoisotopic (exact) mass is 414 g/mol. The van der Waals surface area contributed by atoms with Gasteiger partial charge >= 0.3 is 0 Å². The van der Waals surface area contributed by atoms with E-state index in [0.717, 1.165) is 17.1 Å². The first-order valence-corrected chi connectivity index (χ1v) is 10.5. The van der Waals surface area contributed by atoms with Gasteiger partial charge in [0.15, 0.2) is 0 Å². The van der Waals surface area contributed by atoms with Crippen molar-refractivity contribution in [2.24, 2.45) is 0 Å². The van der Waals surface area contributed by atoms with Gasteiger partial charge in [-0.05, 0) is 39.3 Å². The van der Waals surface area contributed by atoms with Crippen molar-refractivity contribution in [1.29, 1.82) is 0 Å². The molecule has 0 aliphatic rings. The van der Waals surface area contributed by atoms with E-state index in [1.54, 1.807) is 11.0 Å². The number of aryl methyl sites for hydroxylation is 1. The molecular weight excluding hydrogens is 388 g/mol. The van der Waals surface area contributed by atoms with Gasteiger partial charge in [-0.25, -0.2) is 4.98 Å². The summed E-state index contributed by atoms with van der Waals surface area (Å²) in [6, 6.07) is 8.17. The molecule has 10 heteroatoms. The van der Waals surface area contributed by atoms with Crippen LogP contribution in [0.5, 0.6) is 5.75 Å². The third-order valence-electron chi connectivity index (χ3n) is 3.72. The molecule has 0 fully saturated rings. The standard InChI is InChI=1S/C19H26N8OS/c1-5-20-16-23-17(22-13(2)3)25-18(24-16)27-12-21-19(26-27)29-11-10-28-15-9-7-6-8-14(15)4/h6-9,12-13H,5,10-11H2,1-4H3,(H2,20,22,23,24,25). The maximum Gasteiger partial charge on any atom is 0.258 e. The number of rotatable bonds is 10. The van der Waals surface area contributed by atoms with E-state index in [-0.39, 0.29) is 6.04 Å². The molecule has 0 unspecified atom stereocenters. The second kappa shape index (κ2) is 10.1. The molecule has 0 radical (unpaired) electrons. The summed E-state index contributed by atoms with van der Waals surface area (Å²) in [7, 11) is 0. The molecule has 2 heterocycles. The minimum absolute atomic E-state index is 0.204. The number of nitrogens with zero attached hydrogens (tertiary/aromatic N) is 6. The van der Waals surface area contributed by atoms with E-state index in [1.165, 1.54) is 11.8 Å². The van der Waals surface area contributed by atoms with E-state index in [0.29, 0.717) is 36.2 Å². The number of ether oxygens (including phenoxy) is 1. The molecule has 0 aliphatic carbocycles. The van der Waals surface area contributed by atoms with Gasteiger partial charge in [0.2, 0.25) is 17.1 Å². The smallest absolute Gasteiger partial charge is 0.258 e. The molecular formula is C19H26N8OS. The Morgan fingerprint density at radius 2 is 1.93 bits per heavy atom. The lowest BCUT2D eigenvalue weighted by Crippen LogP contribution is -2.16. The van der Waals surface area contributed by atoms with Crippen LogP contribution in [0.15, 0.2) is 35.7 Å². The average Bonchev–Trinajstić information content (AvgIpc) is 3.15. The zero-order chi connectivity index (χ0) is 20.6. The minimum atomic E-state index is 0.204. The Bertz CT molecular complexity index is 930. The Labute approximate surface area is 174 Å². The Balaban J connectivity index is 1.63. The molecule has 0 aliphatic heterocycles. The largest absolute Gasteiger partial charge is 0.492 e. The predicted molar refractivity (Wildman–Crippen MR) is 115 cm³/mol. The quantitative estimate of drug-likeness (QED) is 0.382. The molecule has 154 valence electrons. The van der Waals surface area contributed by atoms with Gasteiger partial charge in [0.25, 0.3) is 5.95 Å². The summed E-state index contributed by atoms with van der Waals surface area (Å²) in [5.41, 5.74) is 1.12. The molecule has 0 atom stereocenters. The number of hydrogen-bond acceptors (Lipinski definition) is 9. The number of anilines is 2. The highest BCUT2D eigenvalue weighted by Gasteiger charge is 2.11. The molecule has 0 saturated heterocycles. The summed E-state index contributed by atoms with van der Waals surface area (Å²) in [4.78, 5) is 17.6. The van der Waals surface area contributed by atoms with Crippen LogP contribution in [0.1, 0.15) is 26.3 Å². The highest BCUT2D eigenvalue weighted by molar-refractivity contribution is 7.99. The van der Waals surface area contributed by atoms with Crippen molar-refractivity contribution in [2.45, 2.75) is 38.9 Å². The van der Waals surface area contributed by atoms with Crippen molar-refractivity contribution in [3.8, 4) is 11.7 Å². The van der Waals surface area contributed by atoms with Gasteiger partial charge in [0.05, 0.1) is 6.61 Å². The summed E-state index contributed by atoms with van der Waals surface area (Å²) in [6.45, 7) is 9.36. The van der Waals surface area contributed by atoms with E-state index in [2.05, 4.69) is 35.7 Å². The van der Waals surface area contributed by atoms with Crippen LogP contribution in [0.25, 0.3) is 5.95 Å². The number of nitrogens with one attached hydrogen (secondary N) is 2. The van der Waals surface area contributed by atoms with Crippen LogP contribution >= 0.6 is 11.8 Å². The predicted octanol–water partition coefficient (Wildman–Crippen LogP) is 3.18. The van der Waals surface area contributed by atoms with Gasteiger partial charge in [-0.2, -0.15) is 19.6 Å². The molecule has 3 aromatic rings. The lowest BCUT2D eigenvalue weighted by molar-refractivity contribution is 0.341. The normalized spacial score (nSPS) is 10.9. The second-order valence-corrected chi connectivity index (χ2v) is 7.61. The van der Waals surface area contributed by atoms with Crippen LogP contribution in [0.2, 0.25) is 0 Å². The third-order valence-corrected chi connectivity index (χ3v) is 4.53. The lowest BCUT2D eigenvalue weighted by Gasteiger charge is -2.11. The number of para-hydroxylation sites is 1. The summed E-state index contributed by atoms with van der Waals surface area (Å²) in [5.74, 6) is 3.04. The van der Waals surface area contributed by atoms with Gasteiger partial charge in [-0.15, -0.1) is 5.10 Å². The Morgan fingerprint density at radius 3 is 2.69 bits per heavy atom. The second-order valence-electron chi connectivity index (χ2n) is 6.55. The maximum absolute atomic E-state index is 5.81. The summed E-state index contributed by atoms with van der Waals surface area (Å²) in [6.07, 6.45) is 1.61. The van der Waals surface area contributed by atoms with Crippen LogP contribution in [-0.2, 0) is 0 Å². The zero-order valence-corrected chi connectivity index (χ0v) is 17.9. The fraction of sp³-hybridized carbons (Fsp3) is 0.421. The molecule has 0 amide bonds. The first-order chi connectivity index (χ1) is 14.0. The number of thioether (sulfide) groups is 1. The first-order valence-electron chi connectivity index (χ1n) is 9.55. The average molecular weight is 415 g/mol. The molecule has 9 nitrogen and oxygen atoms in total. The summed E-state index contributed by atoms with van der Waals surface area (Å²) < 4.78 is 7.37. The van der Waals surface area contributed by atoms with E-state index in [9.17, 15) is 0 Å². The molecule has 1 aromatic carbocycles. The van der Waals surface area contributed by atoms with Crippen LogP contribution in [-0.4, -0.2) is 54.7 Å². The van der Waals surface area contributed by atoms with Gasteiger partial charge in [-0.3, -0.25) is 0 Å². The molecule has 2 aromatic heterocycles. The summed E-state index contributed by atoms with van der Waals surface area (Å²) in [5, 5.41) is 11.4. The van der Waals surface area contributed by atoms with Crippen LogP contribution in [0, 0.1) is 6.92 Å². The number of aromatic nitrogens is 6. The van der Waals surface area contributed by atoms with Crippen LogP contribution in [0.4, 0.5) is 11.9 Å². The molecule has 2 N–H and O–H groups in total. The molecule has 29 heavy (non-hydrogen) atoms. The lowest BCUT2D eigenvalue weighted by atomic mass is 10.2. The fourth-order valence-corrected chi connectivity index (χ4v) is 3.06. The van der Waals surface area contributed by atoms with Gasteiger partial charge in [0, 0.05) is 18.3 Å². The van der Waals surface area contributed by atoms with Gasteiger partial charge in [-0.1, -0.05) is 30.0 Å². The van der Waals surface area contributed by atoms with Crippen molar-refractivity contribution < 1.29 is 4.74 Å². The third kappa shape index (κ3) is 6.05. The zero-order valence-electron chi connectivity index (χ0n) is 17.1. The Hall–Kier alpha value is -2.88. The fourth-order valence-electron chi connectivity index (χ4n) is 2.44. The van der Waals surface area contributed by atoms with Crippen molar-refractivity contribution >= 4 is 23.7 Å². The van der Waals surface area contributed by atoms with Crippen molar-refractivity contribution in [3.63, 3.8) is 0 Å².